The Bertz CT molecular complexity index is 833. The molecule has 2 rings (SSSR count). The van der Waals surface area contributed by atoms with Crippen molar-refractivity contribution >= 4 is 29.1 Å². The maximum absolute atomic E-state index is 13.3. The van der Waals surface area contributed by atoms with Gasteiger partial charge in [0, 0.05) is 12.2 Å². The van der Waals surface area contributed by atoms with E-state index in [1.165, 1.54) is 0 Å². The third kappa shape index (κ3) is 4.89. The van der Waals surface area contributed by atoms with Gasteiger partial charge < -0.3 is 10.2 Å². The molecular weight excluding hydrogens is 360 g/mol. The van der Waals surface area contributed by atoms with Crippen molar-refractivity contribution in [3.8, 4) is 0 Å². The zero-order valence-corrected chi connectivity index (χ0v) is 17.3. The summed E-state index contributed by atoms with van der Waals surface area (Å²) in [6.45, 7) is 10.3. The van der Waals surface area contributed by atoms with E-state index in [0.29, 0.717) is 17.1 Å². The predicted molar refractivity (Wildman–Crippen MR) is 111 cm³/mol. The predicted octanol–water partition coefficient (Wildman–Crippen LogP) is 4.76. The van der Waals surface area contributed by atoms with Crippen LogP contribution >= 0.6 is 11.6 Å². The van der Waals surface area contributed by atoms with E-state index in [0.717, 1.165) is 16.8 Å². The van der Waals surface area contributed by atoms with Crippen LogP contribution in [0.1, 0.15) is 42.3 Å². The van der Waals surface area contributed by atoms with Crippen LogP contribution in [0.15, 0.2) is 42.5 Å². The van der Waals surface area contributed by atoms with Gasteiger partial charge in [-0.1, -0.05) is 49.7 Å². The molecule has 0 bridgehead atoms. The largest absolute Gasteiger partial charge is 0.340 e. The van der Waals surface area contributed by atoms with Crippen molar-refractivity contribution in [2.24, 2.45) is 5.92 Å². The lowest BCUT2D eigenvalue weighted by Crippen LogP contribution is -2.51. The number of benzene rings is 2. The van der Waals surface area contributed by atoms with Crippen LogP contribution in [0.25, 0.3) is 0 Å². The van der Waals surface area contributed by atoms with Crippen LogP contribution in [0.2, 0.25) is 5.02 Å². The second-order valence-electron chi connectivity index (χ2n) is 7.05. The normalized spacial score (nSPS) is 12.0. The first-order valence-electron chi connectivity index (χ1n) is 9.20. The van der Waals surface area contributed by atoms with Crippen molar-refractivity contribution in [2.75, 3.05) is 11.4 Å². The summed E-state index contributed by atoms with van der Waals surface area (Å²) in [5.74, 6) is -0.533. The highest BCUT2D eigenvalue weighted by Crippen LogP contribution is 2.24. The third-order valence-corrected chi connectivity index (χ3v) is 4.91. The van der Waals surface area contributed by atoms with E-state index in [1.54, 1.807) is 29.2 Å². The van der Waals surface area contributed by atoms with Crippen LogP contribution < -0.4 is 10.2 Å². The second kappa shape index (κ2) is 9.05. The maximum atomic E-state index is 13.3. The molecule has 0 saturated heterocycles. The number of anilines is 1. The molecule has 5 heteroatoms. The topological polar surface area (TPSA) is 49.4 Å². The van der Waals surface area contributed by atoms with Gasteiger partial charge >= 0.3 is 0 Å². The number of likely N-dealkylation sites (N-methyl/N-ethyl adjacent to an activating group) is 1. The molecule has 1 atom stereocenters. The van der Waals surface area contributed by atoms with Gasteiger partial charge in [0.15, 0.2) is 0 Å². The molecule has 2 amide bonds. The molecule has 2 aromatic rings. The van der Waals surface area contributed by atoms with Gasteiger partial charge in [-0.2, -0.15) is 0 Å². The summed E-state index contributed by atoms with van der Waals surface area (Å²) in [6.07, 6.45) is 0. The van der Waals surface area contributed by atoms with Crippen LogP contribution in [0.5, 0.6) is 0 Å². The molecule has 2 aromatic carbocycles. The highest BCUT2D eigenvalue weighted by molar-refractivity contribution is 6.33. The number of rotatable bonds is 6. The van der Waals surface area contributed by atoms with Gasteiger partial charge in [-0.15, -0.1) is 0 Å². The minimum Gasteiger partial charge on any atom is -0.340 e. The van der Waals surface area contributed by atoms with Gasteiger partial charge in [-0.05, 0) is 56.0 Å². The molecule has 0 saturated carbocycles. The lowest BCUT2D eigenvalue weighted by molar-refractivity contribution is -0.121. The minimum atomic E-state index is -0.645. The van der Waals surface area contributed by atoms with Gasteiger partial charge in [0.05, 0.1) is 10.6 Å². The molecule has 144 valence electrons. The number of carbonyl (C=O) groups excluding carboxylic acids is 2. The van der Waals surface area contributed by atoms with Crippen molar-refractivity contribution in [3.05, 3.63) is 64.2 Å². The lowest BCUT2D eigenvalue weighted by atomic mass is 10.0. The van der Waals surface area contributed by atoms with Crippen LogP contribution in [0.4, 0.5) is 5.69 Å². The van der Waals surface area contributed by atoms with Crippen LogP contribution in [-0.4, -0.2) is 24.4 Å². The first-order chi connectivity index (χ1) is 12.8. The molecule has 0 aliphatic heterocycles. The molecule has 0 fully saturated rings. The van der Waals surface area contributed by atoms with E-state index >= 15 is 0 Å². The smallest absolute Gasteiger partial charge is 0.253 e. The first-order valence-corrected chi connectivity index (χ1v) is 9.58. The monoisotopic (exact) mass is 386 g/mol. The van der Waals surface area contributed by atoms with E-state index in [2.05, 4.69) is 5.32 Å². The van der Waals surface area contributed by atoms with Crippen molar-refractivity contribution in [2.45, 2.75) is 40.7 Å². The molecule has 1 N–H and O–H groups in total. The zero-order chi connectivity index (χ0) is 20.1. The van der Waals surface area contributed by atoms with E-state index in [1.807, 2.05) is 52.8 Å². The van der Waals surface area contributed by atoms with Crippen molar-refractivity contribution in [3.63, 3.8) is 0 Å². The van der Waals surface area contributed by atoms with Crippen LogP contribution in [-0.2, 0) is 4.79 Å². The fourth-order valence-electron chi connectivity index (χ4n) is 3.00. The van der Waals surface area contributed by atoms with Crippen molar-refractivity contribution < 1.29 is 9.59 Å². The van der Waals surface area contributed by atoms with Crippen LogP contribution in [0.3, 0.4) is 0 Å². The number of nitrogens with zero attached hydrogens (tertiary/aromatic N) is 1. The Labute approximate surface area is 166 Å². The van der Waals surface area contributed by atoms with Gasteiger partial charge in [0.25, 0.3) is 5.91 Å². The van der Waals surface area contributed by atoms with Gasteiger partial charge in [-0.25, -0.2) is 0 Å². The number of nitrogens with one attached hydrogen (secondary N) is 1. The average Bonchev–Trinajstić information content (AvgIpc) is 2.63. The third-order valence-electron chi connectivity index (χ3n) is 4.58. The Morgan fingerprint density at radius 3 is 2.37 bits per heavy atom. The van der Waals surface area contributed by atoms with Crippen LogP contribution in [0, 0.1) is 19.8 Å². The molecule has 0 aliphatic carbocycles. The van der Waals surface area contributed by atoms with Gasteiger partial charge in [0.2, 0.25) is 5.91 Å². The summed E-state index contributed by atoms with van der Waals surface area (Å²) >= 11 is 6.13. The summed E-state index contributed by atoms with van der Waals surface area (Å²) in [7, 11) is 0. The van der Waals surface area contributed by atoms with E-state index in [-0.39, 0.29) is 17.7 Å². The molecular formula is C22H27ClN2O2. The summed E-state index contributed by atoms with van der Waals surface area (Å²) in [6, 6.07) is 12.2. The number of amides is 2. The number of hydrogen-bond acceptors (Lipinski definition) is 2. The quantitative estimate of drug-likeness (QED) is 0.777. The summed E-state index contributed by atoms with van der Waals surface area (Å²) in [5, 5.41) is 3.24. The zero-order valence-electron chi connectivity index (χ0n) is 16.5. The molecule has 0 aromatic heterocycles. The van der Waals surface area contributed by atoms with Gasteiger partial charge in [0.1, 0.15) is 6.04 Å². The highest BCUT2D eigenvalue weighted by Gasteiger charge is 2.30. The fraction of sp³-hybridized carbons (Fsp3) is 0.364. The number of carbonyl (C=O) groups is 2. The Morgan fingerprint density at radius 1 is 1.11 bits per heavy atom. The molecule has 1 unspecified atom stereocenters. The summed E-state index contributed by atoms with van der Waals surface area (Å²) in [4.78, 5) is 27.7. The molecule has 27 heavy (non-hydrogen) atoms. The number of hydrogen-bond donors (Lipinski definition) is 1. The average molecular weight is 387 g/mol. The Balaban J connectivity index is 2.31. The molecule has 0 aliphatic rings. The van der Waals surface area contributed by atoms with Crippen molar-refractivity contribution in [1.29, 1.82) is 0 Å². The summed E-state index contributed by atoms with van der Waals surface area (Å²) < 4.78 is 0. The second-order valence-corrected chi connectivity index (χ2v) is 7.45. The lowest BCUT2D eigenvalue weighted by Gasteiger charge is -2.30. The number of halogens is 1. The van der Waals surface area contributed by atoms with E-state index in [4.69, 9.17) is 11.6 Å². The van der Waals surface area contributed by atoms with E-state index < -0.39 is 6.04 Å². The SMILES string of the molecule is CCN(C(=O)C(NC(=O)c1ccccc1Cl)C(C)C)c1cc(C)ccc1C. The molecule has 0 spiro atoms. The first kappa shape index (κ1) is 21.0. The molecule has 0 heterocycles. The fourth-order valence-corrected chi connectivity index (χ4v) is 3.22. The maximum Gasteiger partial charge on any atom is 0.253 e. The summed E-state index contributed by atoms with van der Waals surface area (Å²) in [5.41, 5.74) is 3.35. The molecule has 4 nitrogen and oxygen atoms in total. The Kier molecular flexibility index (Phi) is 7.03. The van der Waals surface area contributed by atoms with Gasteiger partial charge in [-0.3, -0.25) is 9.59 Å². The minimum absolute atomic E-state index is 0.0666. The Morgan fingerprint density at radius 2 is 1.78 bits per heavy atom. The van der Waals surface area contributed by atoms with Crippen molar-refractivity contribution in [1.82, 2.24) is 5.32 Å². The Hall–Kier alpha value is -2.33. The van der Waals surface area contributed by atoms with E-state index in [9.17, 15) is 9.59 Å². The molecule has 0 radical (unpaired) electrons. The highest BCUT2D eigenvalue weighted by atomic mass is 35.5. The number of aryl methyl sites for hydroxylation is 2. The standard InChI is InChI=1S/C22H27ClN2O2/c1-6-25(19-13-15(4)11-12-16(19)5)22(27)20(14(2)3)24-21(26)17-9-7-8-10-18(17)23/h7-14,20H,6H2,1-5H3,(H,24,26).